The average Bonchev–Trinajstić information content (AvgIpc) is 2.26. The lowest BCUT2D eigenvalue weighted by Gasteiger charge is -2.14. The zero-order chi connectivity index (χ0) is 12.1. The number of urea groups is 1. The number of nitrogens with two attached hydrogens (primary N) is 1. The minimum Gasteiger partial charge on any atom is -0.497 e. The van der Waals surface area contributed by atoms with Crippen molar-refractivity contribution in [1.29, 1.82) is 0 Å². The van der Waals surface area contributed by atoms with Gasteiger partial charge in [0, 0.05) is 18.6 Å². The minimum absolute atomic E-state index is 0.440. The van der Waals surface area contributed by atoms with Crippen LogP contribution >= 0.6 is 11.6 Å². The molecule has 2 amide bonds. The van der Waals surface area contributed by atoms with E-state index < -0.39 is 6.03 Å². The molecule has 0 unspecified atom stereocenters. The summed E-state index contributed by atoms with van der Waals surface area (Å²) in [6.07, 6.45) is 0.669. The van der Waals surface area contributed by atoms with Gasteiger partial charge in [0.25, 0.3) is 0 Å². The third kappa shape index (κ3) is 3.31. The van der Waals surface area contributed by atoms with Crippen molar-refractivity contribution in [3.8, 4) is 5.75 Å². The Balaban J connectivity index is 2.64. The Kier molecular flexibility index (Phi) is 4.43. The summed E-state index contributed by atoms with van der Waals surface area (Å²) in [6.45, 7) is 0.543. The maximum Gasteiger partial charge on any atom is 0.314 e. The molecule has 16 heavy (non-hydrogen) atoms. The van der Waals surface area contributed by atoms with E-state index in [-0.39, 0.29) is 0 Å². The number of carbonyl (C=O) groups excluding carboxylic acids is 1. The SMILES string of the molecule is COc1ccc(CCN(C)C(N)=O)c(Cl)c1. The summed E-state index contributed by atoms with van der Waals surface area (Å²) in [5.41, 5.74) is 6.09. The Morgan fingerprint density at radius 1 is 1.56 bits per heavy atom. The van der Waals surface area contributed by atoms with E-state index in [0.717, 1.165) is 11.3 Å². The molecule has 1 aromatic carbocycles. The molecule has 88 valence electrons. The van der Waals surface area contributed by atoms with Crippen LogP contribution in [0.5, 0.6) is 5.75 Å². The molecule has 0 aliphatic heterocycles. The molecule has 0 radical (unpaired) electrons. The summed E-state index contributed by atoms with van der Waals surface area (Å²) in [7, 11) is 3.24. The second-order valence-corrected chi connectivity index (χ2v) is 3.87. The van der Waals surface area contributed by atoms with Gasteiger partial charge in [-0.15, -0.1) is 0 Å². The Bertz CT molecular complexity index is 382. The summed E-state index contributed by atoms with van der Waals surface area (Å²) >= 11 is 6.06. The van der Waals surface area contributed by atoms with E-state index in [1.807, 2.05) is 12.1 Å². The van der Waals surface area contributed by atoms with Gasteiger partial charge in [0.15, 0.2) is 0 Å². The van der Waals surface area contributed by atoms with Crippen molar-refractivity contribution >= 4 is 17.6 Å². The van der Waals surface area contributed by atoms with Gasteiger partial charge in [-0.2, -0.15) is 0 Å². The first kappa shape index (κ1) is 12.6. The van der Waals surface area contributed by atoms with Crippen LogP contribution in [0.25, 0.3) is 0 Å². The van der Waals surface area contributed by atoms with Gasteiger partial charge in [-0.25, -0.2) is 4.79 Å². The number of nitrogens with zero attached hydrogens (tertiary/aromatic N) is 1. The van der Waals surface area contributed by atoms with Gasteiger partial charge in [0.1, 0.15) is 5.75 Å². The Labute approximate surface area is 99.9 Å². The Hall–Kier alpha value is -1.42. The monoisotopic (exact) mass is 242 g/mol. The molecule has 2 N–H and O–H groups in total. The molecule has 0 bridgehead atoms. The van der Waals surface area contributed by atoms with Crippen LogP contribution in [0, 0.1) is 0 Å². The molecule has 0 saturated heterocycles. The number of amides is 2. The molecule has 4 nitrogen and oxygen atoms in total. The lowest BCUT2D eigenvalue weighted by atomic mass is 10.1. The predicted octanol–water partition coefficient (Wildman–Crippen LogP) is 1.90. The normalized spacial score (nSPS) is 9.94. The van der Waals surface area contributed by atoms with E-state index in [0.29, 0.717) is 18.0 Å². The second kappa shape index (κ2) is 5.61. The third-order valence-electron chi connectivity index (χ3n) is 2.35. The highest BCUT2D eigenvalue weighted by molar-refractivity contribution is 6.31. The van der Waals surface area contributed by atoms with Crippen molar-refractivity contribution < 1.29 is 9.53 Å². The highest BCUT2D eigenvalue weighted by Gasteiger charge is 2.06. The van der Waals surface area contributed by atoms with Crippen molar-refractivity contribution in [3.63, 3.8) is 0 Å². The van der Waals surface area contributed by atoms with Crippen LogP contribution in [0.1, 0.15) is 5.56 Å². The fourth-order valence-electron chi connectivity index (χ4n) is 1.26. The average molecular weight is 243 g/mol. The lowest BCUT2D eigenvalue weighted by molar-refractivity contribution is 0.219. The van der Waals surface area contributed by atoms with Crippen LogP contribution in [0.2, 0.25) is 5.02 Å². The number of likely N-dealkylation sites (N-methyl/N-ethyl adjacent to an activating group) is 1. The maximum atomic E-state index is 10.8. The highest BCUT2D eigenvalue weighted by atomic mass is 35.5. The summed E-state index contributed by atoms with van der Waals surface area (Å²) in [4.78, 5) is 12.2. The maximum absolute atomic E-state index is 10.8. The molecule has 5 heteroatoms. The van der Waals surface area contributed by atoms with Crippen LogP contribution < -0.4 is 10.5 Å². The van der Waals surface area contributed by atoms with Gasteiger partial charge < -0.3 is 15.4 Å². The number of benzene rings is 1. The van der Waals surface area contributed by atoms with Crippen LogP contribution in [0.4, 0.5) is 4.79 Å². The molecule has 0 heterocycles. The number of hydrogen-bond acceptors (Lipinski definition) is 2. The first-order valence-corrected chi connectivity index (χ1v) is 5.25. The number of methoxy groups -OCH3 is 1. The fraction of sp³-hybridized carbons (Fsp3) is 0.364. The van der Waals surface area contributed by atoms with Crippen LogP contribution in [0.3, 0.4) is 0 Å². The van der Waals surface area contributed by atoms with Gasteiger partial charge in [0.05, 0.1) is 7.11 Å². The molecule has 0 aliphatic carbocycles. The van der Waals surface area contributed by atoms with Gasteiger partial charge in [-0.1, -0.05) is 17.7 Å². The van der Waals surface area contributed by atoms with Gasteiger partial charge in [0.2, 0.25) is 0 Å². The first-order chi connectivity index (χ1) is 7.54. The Morgan fingerprint density at radius 3 is 2.75 bits per heavy atom. The summed E-state index contributed by atoms with van der Waals surface area (Å²) in [6, 6.07) is 5.03. The van der Waals surface area contributed by atoms with E-state index in [1.165, 1.54) is 4.90 Å². The zero-order valence-corrected chi connectivity index (χ0v) is 10.1. The smallest absolute Gasteiger partial charge is 0.314 e. The van der Waals surface area contributed by atoms with E-state index in [9.17, 15) is 4.79 Å². The van der Waals surface area contributed by atoms with E-state index in [1.54, 1.807) is 20.2 Å². The standard InChI is InChI=1S/C11H15ClN2O2/c1-14(11(13)15)6-5-8-3-4-9(16-2)7-10(8)12/h3-4,7H,5-6H2,1-2H3,(H2,13,15). The number of rotatable bonds is 4. The molecule has 1 aromatic rings. The number of halogens is 1. The molecule has 1 rings (SSSR count). The number of primary amides is 1. The highest BCUT2D eigenvalue weighted by Crippen LogP contribution is 2.22. The Morgan fingerprint density at radius 2 is 2.25 bits per heavy atom. The quantitative estimate of drug-likeness (QED) is 0.877. The lowest BCUT2D eigenvalue weighted by Crippen LogP contribution is -2.33. The predicted molar refractivity (Wildman–Crippen MR) is 63.9 cm³/mol. The summed E-state index contributed by atoms with van der Waals surface area (Å²) in [5.74, 6) is 0.719. The molecule has 0 saturated carbocycles. The van der Waals surface area contributed by atoms with Crippen molar-refractivity contribution in [3.05, 3.63) is 28.8 Å². The number of ether oxygens (including phenoxy) is 1. The van der Waals surface area contributed by atoms with Gasteiger partial charge in [-0.3, -0.25) is 0 Å². The molecular formula is C11H15ClN2O2. The van der Waals surface area contributed by atoms with Crippen molar-refractivity contribution in [2.24, 2.45) is 5.73 Å². The molecule has 0 aromatic heterocycles. The molecule has 0 atom stereocenters. The van der Waals surface area contributed by atoms with Crippen molar-refractivity contribution in [2.75, 3.05) is 20.7 Å². The van der Waals surface area contributed by atoms with Crippen molar-refractivity contribution in [2.45, 2.75) is 6.42 Å². The van der Waals surface area contributed by atoms with Crippen molar-refractivity contribution in [1.82, 2.24) is 4.90 Å². The summed E-state index contributed by atoms with van der Waals surface area (Å²) < 4.78 is 5.04. The fourth-order valence-corrected chi connectivity index (χ4v) is 1.52. The summed E-state index contributed by atoms with van der Waals surface area (Å²) in [5, 5.41) is 0.636. The zero-order valence-electron chi connectivity index (χ0n) is 9.37. The van der Waals surface area contributed by atoms with Gasteiger partial charge in [-0.05, 0) is 24.1 Å². The topological polar surface area (TPSA) is 55.6 Å². The molecular weight excluding hydrogens is 228 g/mol. The first-order valence-electron chi connectivity index (χ1n) is 4.87. The van der Waals surface area contributed by atoms with Crippen LogP contribution in [0.15, 0.2) is 18.2 Å². The minimum atomic E-state index is -0.440. The molecule has 0 fully saturated rings. The van der Waals surface area contributed by atoms with Gasteiger partial charge >= 0.3 is 6.03 Å². The van der Waals surface area contributed by atoms with Crippen LogP contribution in [-0.4, -0.2) is 31.6 Å². The largest absolute Gasteiger partial charge is 0.497 e. The second-order valence-electron chi connectivity index (χ2n) is 3.47. The number of carbonyl (C=O) groups is 1. The molecule has 0 spiro atoms. The van der Waals surface area contributed by atoms with E-state index in [2.05, 4.69) is 0 Å². The van der Waals surface area contributed by atoms with E-state index in [4.69, 9.17) is 22.1 Å². The third-order valence-corrected chi connectivity index (χ3v) is 2.70. The molecule has 0 aliphatic rings. The van der Waals surface area contributed by atoms with E-state index >= 15 is 0 Å². The number of hydrogen-bond donors (Lipinski definition) is 1. The van der Waals surface area contributed by atoms with Crippen LogP contribution in [-0.2, 0) is 6.42 Å².